The topological polar surface area (TPSA) is 442 Å². The van der Waals surface area contributed by atoms with Crippen LogP contribution in [-0.4, -0.2) is 144 Å². The molecule has 0 unspecified atom stereocenters. The van der Waals surface area contributed by atoms with Gasteiger partial charge in [-0.25, -0.2) is 9.59 Å². The molecule has 27 heteroatoms. The quantitative estimate of drug-likeness (QED) is 0.0223. The third kappa shape index (κ3) is 20.5. The molecule has 0 radical (unpaired) electrons. The van der Waals surface area contributed by atoms with E-state index in [-0.39, 0.29) is 37.1 Å². The fourth-order valence-corrected chi connectivity index (χ4v) is 4.98. The van der Waals surface area contributed by atoms with Crippen LogP contribution in [0, 0.1) is 10.1 Å². The average molecular weight is 870 g/mol. The third-order valence-electron chi connectivity index (χ3n) is 7.97. The van der Waals surface area contributed by atoms with Crippen LogP contribution in [-0.2, 0) is 47.9 Å². The van der Waals surface area contributed by atoms with Crippen molar-refractivity contribution in [2.75, 3.05) is 13.1 Å². The zero-order valence-electron chi connectivity index (χ0n) is 31.9. The summed E-state index contributed by atoms with van der Waals surface area (Å²) in [7, 11) is 0. The summed E-state index contributed by atoms with van der Waals surface area (Å²) in [6.07, 6.45) is -5.39. The zero-order valence-corrected chi connectivity index (χ0v) is 31.9. The maximum Gasteiger partial charge on any atom is 0.326 e. The molecule has 12 N–H and O–H groups in total. The molecule has 4 atom stereocenters. The van der Waals surface area contributed by atoms with Crippen molar-refractivity contribution in [3.8, 4) is 0 Å². The minimum absolute atomic E-state index is 0.136. The summed E-state index contributed by atoms with van der Waals surface area (Å²) in [4.78, 5) is 153. The monoisotopic (exact) mass is 869 g/mol. The van der Waals surface area contributed by atoms with Crippen LogP contribution in [0.25, 0.3) is 0 Å². The summed E-state index contributed by atoms with van der Waals surface area (Å²) < 4.78 is 0. The van der Waals surface area contributed by atoms with Gasteiger partial charge in [0.15, 0.2) is 0 Å². The molecule has 0 saturated heterocycles. The van der Waals surface area contributed by atoms with Gasteiger partial charge in [-0.1, -0.05) is 0 Å². The Balaban J connectivity index is 2.81. The molecule has 0 aliphatic heterocycles. The van der Waals surface area contributed by atoms with Crippen molar-refractivity contribution in [3.63, 3.8) is 0 Å². The Hall–Kier alpha value is -7.74. The van der Waals surface area contributed by atoms with Crippen LogP contribution in [0.4, 0.5) is 5.69 Å². The van der Waals surface area contributed by atoms with E-state index < -0.39 is 157 Å². The maximum atomic E-state index is 12.8. The standard InChI is InChI=1S/C34H43N7O20/c42-23(37-21(14-27(48)49)31(54)39-19(33(56)57)5-7-25(44)45)3-1-9-35-29(52)16-11-17(13-18(12-16)41(60)61)30(53)36-10-2-4-24(43)38-22(15-28(50)51)32(55)40-20(34(58)59)6-8-26(46)47/h11-13,19-22H,1-10,14-15H2,(H,35,52)(H,36,53)(H,37,42)(H,38,43)(H,39,54)(H,40,55)(H,44,45)(H,46,47)(H,48,49)(H,50,51)(H,56,57)(H,58,59)/t19-,20-,21-,22-/m0/s1. The van der Waals surface area contributed by atoms with Gasteiger partial charge in [-0.2, -0.15) is 0 Å². The van der Waals surface area contributed by atoms with Crippen LogP contribution in [0.15, 0.2) is 18.2 Å². The van der Waals surface area contributed by atoms with Crippen LogP contribution in [0.2, 0.25) is 0 Å². The molecular formula is C34H43N7O20. The first-order valence-corrected chi connectivity index (χ1v) is 17.9. The van der Waals surface area contributed by atoms with E-state index >= 15 is 0 Å². The van der Waals surface area contributed by atoms with Crippen molar-refractivity contribution >= 4 is 76.9 Å². The molecule has 0 bridgehead atoms. The van der Waals surface area contributed by atoms with Gasteiger partial charge in [-0.15, -0.1) is 0 Å². The summed E-state index contributed by atoms with van der Waals surface area (Å²) in [6.45, 7) is -0.519. The Morgan fingerprint density at radius 1 is 0.508 bits per heavy atom. The smallest absolute Gasteiger partial charge is 0.326 e. The molecule has 334 valence electrons. The van der Waals surface area contributed by atoms with Gasteiger partial charge in [0.1, 0.15) is 24.2 Å². The van der Waals surface area contributed by atoms with Gasteiger partial charge in [-0.3, -0.25) is 58.1 Å². The molecule has 1 aromatic rings. The lowest BCUT2D eigenvalue weighted by atomic mass is 10.1. The highest BCUT2D eigenvalue weighted by atomic mass is 16.6. The second kappa shape index (κ2) is 25.6. The number of amides is 6. The molecule has 0 aromatic heterocycles. The van der Waals surface area contributed by atoms with Crippen LogP contribution in [0.5, 0.6) is 0 Å². The van der Waals surface area contributed by atoms with Crippen LogP contribution >= 0.6 is 0 Å². The summed E-state index contributed by atoms with van der Waals surface area (Å²) in [5.74, 6) is -15.1. The van der Waals surface area contributed by atoms with E-state index in [2.05, 4.69) is 21.3 Å². The number of benzene rings is 1. The lowest BCUT2D eigenvalue weighted by Crippen LogP contribution is -2.52. The highest BCUT2D eigenvalue weighted by molar-refractivity contribution is 6.01. The molecule has 0 spiro atoms. The Morgan fingerprint density at radius 2 is 0.869 bits per heavy atom. The van der Waals surface area contributed by atoms with Crippen molar-refractivity contribution in [1.29, 1.82) is 0 Å². The fraction of sp³-hybridized carbons (Fsp3) is 0.471. The van der Waals surface area contributed by atoms with Gasteiger partial charge >= 0.3 is 35.8 Å². The molecule has 27 nitrogen and oxygen atoms in total. The van der Waals surface area contributed by atoms with E-state index in [1.165, 1.54) is 0 Å². The first-order chi connectivity index (χ1) is 28.5. The largest absolute Gasteiger partial charge is 0.481 e. The van der Waals surface area contributed by atoms with Gasteiger partial charge in [0.05, 0.1) is 17.8 Å². The molecule has 0 heterocycles. The number of hydrogen-bond acceptors (Lipinski definition) is 14. The second-order valence-electron chi connectivity index (χ2n) is 12.8. The fourth-order valence-electron chi connectivity index (χ4n) is 4.98. The summed E-state index contributed by atoms with van der Waals surface area (Å²) in [5.41, 5.74) is -1.41. The number of carbonyl (C=O) groups is 12. The molecule has 0 saturated carbocycles. The Morgan fingerprint density at radius 3 is 1.16 bits per heavy atom. The molecule has 1 rings (SSSR count). The van der Waals surface area contributed by atoms with Gasteiger partial charge in [0.2, 0.25) is 23.6 Å². The maximum absolute atomic E-state index is 12.8. The lowest BCUT2D eigenvalue weighted by Gasteiger charge is -2.20. The molecule has 0 aliphatic rings. The number of rotatable bonds is 29. The number of hydrogen-bond donors (Lipinski definition) is 12. The number of non-ortho nitro benzene ring substituents is 1. The molecule has 6 amide bonds. The van der Waals surface area contributed by atoms with E-state index in [0.717, 1.165) is 18.2 Å². The molecule has 61 heavy (non-hydrogen) atoms. The predicted molar refractivity (Wildman–Crippen MR) is 197 cm³/mol. The first kappa shape index (κ1) is 51.3. The number of nitro benzene ring substituents is 1. The number of nitrogens with zero attached hydrogens (tertiary/aromatic N) is 1. The molecule has 1 aromatic carbocycles. The Labute approximate surface area is 342 Å². The number of carbonyl (C=O) groups excluding carboxylic acids is 6. The summed E-state index contributed by atoms with van der Waals surface area (Å²) in [5, 5.41) is 78.8. The van der Waals surface area contributed by atoms with Gasteiger partial charge in [0, 0.05) is 62.0 Å². The van der Waals surface area contributed by atoms with E-state index in [4.69, 9.17) is 20.4 Å². The van der Waals surface area contributed by atoms with Gasteiger partial charge in [-0.05, 0) is 31.7 Å². The van der Waals surface area contributed by atoms with Crippen molar-refractivity contribution in [1.82, 2.24) is 31.9 Å². The van der Waals surface area contributed by atoms with Crippen LogP contribution in [0.3, 0.4) is 0 Å². The van der Waals surface area contributed by atoms with Gasteiger partial charge in [0.25, 0.3) is 17.5 Å². The van der Waals surface area contributed by atoms with E-state index in [1.54, 1.807) is 0 Å². The van der Waals surface area contributed by atoms with Crippen molar-refractivity contribution in [2.45, 2.75) is 88.4 Å². The van der Waals surface area contributed by atoms with Gasteiger partial charge < -0.3 is 62.5 Å². The highest BCUT2D eigenvalue weighted by Crippen LogP contribution is 2.18. The van der Waals surface area contributed by atoms with E-state index in [9.17, 15) is 77.9 Å². The Bertz CT molecular complexity index is 1760. The second-order valence-corrected chi connectivity index (χ2v) is 12.8. The minimum atomic E-state index is -1.76. The van der Waals surface area contributed by atoms with E-state index in [1.807, 2.05) is 10.6 Å². The summed E-state index contributed by atoms with van der Waals surface area (Å²) in [6, 6.07) is -4.25. The molecule has 0 fully saturated rings. The number of aliphatic carboxylic acids is 6. The van der Waals surface area contributed by atoms with Crippen LogP contribution < -0.4 is 31.9 Å². The lowest BCUT2D eigenvalue weighted by molar-refractivity contribution is -0.384. The molecule has 0 aliphatic carbocycles. The number of nitrogens with one attached hydrogen (secondary N) is 6. The van der Waals surface area contributed by atoms with Crippen molar-refractivity contribution in [3.05, 3.63) is 39.4 Å². The highest BCUT2D eigenvalue weighted by Gasteiger charge is 2.30. The summed E-state index contributed by atoms with van der Waals surface area (Å²) >= 11 is 0. The minimum Gasteiger partial charge on any atom is -0.481 e. The normalized spacial score (nSPS) is 12.5. The number of nitro groups is 1. The van der Waals surface area contributed by atoms with Crippen molar-refractivity contribution < 1.29 is 93.1 Å². The molecular weight excluding hydrogens is 826 g/mol. The van der Waals surface area contributed by atoms with Crippen molar-refractivity contribution in [2.24, 2.45) is 0 Å². The Kier molecular flexibility index (Phi) is 21.5. The SMILES string of the molecule is O=C(O)CC[C@H](NC(=O)[C@H](CC(=O)O)NC(=O)CCCNC(=O)c1cc(C(=O)NCCCC(=O)N[C@@H](CC(=O)O)C(=O)N[C@@H](CCC(=O)O)C(=O)O)cc([N+](=O)[O-])c1)C(=O)O. The first-order valence-electron chi connectivity index (χ1n) is 17.9. The van der Waals surface area contributed by atoms with Crippen LogP contribution in [0.1, 0.15) is 84.9 Å². The predicted octanol–water partition coefficient (Wildman–Crippen LogP) is -2.60. The zero-order chi connectivity index (χ0) is 46.4. The number of carboxylic acids is 6. The van der Waals surface area contributed by atoms with E-state index in [0.29, 0.717) is 0 Å². The average Bonchev–Trinajstić information content (AvgIpc) is 3.16. The third-order valence-corrected chi connectivity index (χ3v) is 7.97. The number of carboxylic acid groups (broad SMARTS) is 6.